The van der Waals surface area contributed by atoms with E-state index in [1.807, 2.05) is 45.0 Å². The molecule has 1 saturated heterocycles. The highest BCUT2D eigenvalue weighted by atomic mass is 16.6. The van der Waals surface area contributed by atoms with E-state index >= 15 is 0 Å². The Balaban J connectivity index is 1.59. The Morgan fingerprint density at radius 1 is 1.23 bits per heavy atom. The van der Waals surface area contributed by atoms with E-state index < -0.39 is 11.1 Å². The number of hydrogen-bond acceptors (Lipinski definition) is 4. The maximum atomic E-state index is 12.5. The van der Waals surface area contributed by atoms with Gasteiger partial charge >= 0.3 is 6.09 Å². The molecule has 6 heteroatoms. The Bertz CT molecular complexity index is 870. The van der Waals surface area contributed by atoms with Crippen LogP contribution in [0.3, 0.4) is 0 Å². The summed E-state index contributed by atoms with van der Waals surface area (Å²) >= 11 is 0. The summed E-state index contributed by atoms with van der Waals surface area (Å²) in [6.07, 6.45) is 2.48. The van der Waals surface area contributed by atoms with Gasteiger partial charge in [0, 0.05) is 30.9 Å². The maximum absolute atomic E-state index is 12.5. The Morgan fingerprint density at radius 2 is 1.87 bits per heavy atom. The van der Waals surface area contributed by atoms with E-state index in [1.165, 1.54) is 0 Å². The van der Waals surface area contributed by atoms with Crippen LogP contribution in [0.4, 0.5) is 4.79 Å². The Morgan fingerprint density at radius 3 is 2.42 bits per heavy atom. The molecule has 1 aromatic carbocycles. The van der Waals surface area contributed by atoms with E-state index in [-0.39, 0.29) is 30.1 Å². The zero-order valence-electron chi connectivity index (χ0n) is 19.2. The average Bonchev–Trinajstić information content (AvgIpc) is 3.50. The smallest absolute Gasteiger partial charge is 0.410 e. The highest BCUT2D eigenvalue weighted by Gasteiger charge is 2.34. The topological polar surface area (TPSA) is 78.9 Å². The summed E-state index contributed by atoms with van der Waals surface area (Å²) < 4.78 is 5.54. The van der Waals surface area contributed by atoms with Gasteiger partial charge in [0.2, 0.25) is 5.91 Å². The number of carbonyl (C=O) groups is 2. The van der Waals surface area contributed by atoms with E-state index in [0.29, 0.717) is 19.4 Å². The van der Waals surface area contributed by atoms with Crippen LogP contribution in [-0.2, 0) is 9.53 Å². The number of amides is 2. The zero-order chi connectivity index (χ0) is 22.8. The van der Waals surface area contributed by atoms with E-state index in [0.717, 1.165) is 24.0 Å². The van der Waals surface area contributed by atoms with Gasteiger partial charge in [0.05, 0.1) is 17.2 Å². The lowest BCUT2D eigenvalue weighted by atomic mass is 9.97. The van der Waals surface area contributed by atoms with Crippen molar-refractivity contribution in [1.82, 2.24) is 10.2 Å². The molecule has 2 unspecified atom stereocenters. The van der Waals surface area contributed by atoms with Crippen molar-refractivity contribution in [2.75, 3.05) is 6.54 Å². The summed E-state index contributed by atoms with van der Waals surface area (Å²) in [6, 6.07) is 7.70. The molecule has 1 saturated carbocycles. The second kappa shape index (κ2) is 8.92. The third-order valence-corrected chi connectivity index (χ3v) is 5.68. The highest BCUT2D eigenvalue weighted by Crippen LogP contribution is 2.30. The summed E-state index contributed by atoms with van der Waals surface area (Å²) in [4.78, 5) is 26.2. The van der Waals surface area contributed by atoms with Gasteiger partial charge < -0.3 is 20.1 Å². The van der Waals surface area contributed by atoms with Crippen LogP contribution >= 0.6 is 0 Å². The van der Waals surface area contributed by atoms with Gasteiger partial charge in [-0.25, -0.2) is 4.79 Å². The molecule has 1 heterocycles. The molecule has 0 spiro atoms. The fourth-order valence-corrected chi connectivity index (χ4v) is 3.74. The molecule has 3 rings (SSSR count). The van der Waals surface area contributed by atoms with Gasteiger partial charge in [-0.05, 0) is 65.2 Å². The van der Waals surface area contributed by atoms with Crippen molar-refractivity contribution in [2.24, 2.45) is 5.92 Å². The molecular weight excluding hydrogens is 392 g/mol. The standard InChI is InChI=1S/C25H34N2O4/c1-17(27-15-13-21(31-23(27)29)16-25(4,5)30)19-8-6-18(7-9-19)12-14-24(2,3)26-22(28)20-10-11-20/h6-9,17,20-21,30H,10-11,13,15-16H2,1-5H3,(H,26,28). The van der Waals surface area contributed by atoms with Crippen molar-refractivity contribution in [2.45, 2.75) is 83.6 Å². The Hall–Kier alpha value is -2.52. The van der Waals surface area contributed by atoms with Crippen molar-refractivity contribution in [3.63, 3.8) is 0 Å². The van der Waals surface area contributed by atoms with Crippen LogP contribution in [0.1, 0.15) is 77.5 Å². The number of nitrogens with one attached hydrogen (secondary N) is 1. The molecule has 0 bridgehead atoms. The van der Waals surface area contributed by atoms with E-state index in [4.69, 9.17) is 4.74 Å². The minimum absolute atomic E-state index is 0.0849. The van der Waals surface area contributed by atoms with Crippen LogP contribution in [0.2, 0.25) is 0 Å². The van der Waals surface area contributed by atoms with Crippen molar-refractivity contribution in [1.29, 1.82) is 0 Å². The first-order valence-electron chi connectivity index (χ1n) is 11.1. The monoisotopic (exact) mass is 426 g/mol. The molecule has 2 N–H and O–H groups in total. The van der Waals surface area contributed by atoms with Gasteiger partial charge in [-0.3, -0.25) is 4.79 Å². The molecule has 2 fully saturated rings. The zero-order valence-corrected chi connectivity index (χ0v) is 19.2. The molecule has 0 aromatic heterocycles. The Labute approximate surface area is 185 Å². The van der Waals surface area contributed by atoms with Gasteiger partial charge in [-0.2, -0.15) is 0 Å². The fourth-order valence-electron chi connectivity index (χ4n) is 3.74. The van der Waals surface area contributed by atoms with Gasteiger partial charge in [0.1, 0.15) is 6.10 Å². The highest BCUT2D eigenvalue weighted by molar-refractivity contribution is 5.82. The van der Waals surface area contributed by atoms with Crippen LogP contribution in [0, 0.1) is 17.8 Å². The van der Waals surface area contributed by atoms with E-state index in [1.54, 1.807) is 18.7 Å². The molecule has 1 aliphatic carbocycles. The van der Waals surface area contributed by atoms with E-state index in [2.05, 4.69) is 17.2 Å². The van der Waals surface area contributed by atoms with E-state index in [9.17, 15) is 14.7 Å². The predicted molar refractivity (Wildman–Crippen MR) is 119 cm³/mol. The minimum atomic E-state index is -0.856. The van der Waals surface area contributed by atoms with Crippen LogP contribution in [0.5, 0.6) is 0 Å². The quantitative estimate of drug-likeness (QED) is 0.679. The van der Waals surface area contributed by atoms with Crippen molar-refractivity contribution < 1.29 is 19.4 Å². The van der Waals surface area contributed by atoms with Crippen molar-refractivity contribution in [3.05, 3.63) is 35.4 Å². The third kappa shape index (κ3) is 6.73. The molecule has 31 heavy (non-hydrogen) atoms. The summed E-state index contributed by atoms with van der Waals surface area (Å²) in [5.41, 5.74) is 0.425. The summed E-state index contributed by atoms with van der Waals surface area (Å²) in [6.45, 7) is 9.84. The van der Waals surface area contributed by atoms with Crippen molar-refractivity contribution >= 4 is 12.0 Å². The number of aliphatic hydroxyl groups is 1. The van der Waals surface area contributed by atoms with Gasteiger partial charge in [-0.1, -0.05) is 24.0 Å². The normalized spacial score (nSPS) is 20.4. The molecular formula is C25H34N2O4. The second-order valence-corrected chi connectivity index (χ2v) is 9.94. The number of ether oxygens (including phenoxy) is 1. The predicted octanol–water partition coefficient (Wildman–Crippen LogP) is 3.78. The van der Waals surface area contributed by atoms with Crippen LogP contribution < -0.4 is 5.32 Å². The van der Waals surface area contributed by atoms with Crippen LogP contribution in [-0.4, -0.2) is 45.8 Å². The molecule has 2 atom stereocenters. The van der Waals surface area contributed by atoms with Crippen LogP contribution in [0.15, 0.2) is 24.3 Å². The lowest BCUT2D eigenvalue weighted by Gasteiger charge is -2.37. The van der Waals surface area contributed by atoms with Gasteiger partial charge in [-0.15, -0.1) is 0 Å². The molecule has 168 valence electrons. The van der Waals surface area contributed by atoms with Gasteiger partial charge in [0.25, 0.3) is 0 Å². The van der Waals surface area contributed by atoms with Gasteiger partial charge in [0.15, 0.2) is 0 Å². The first kappa shape index (κ1) is 23.1. The summed E-state index contributed by atoms with van der Waals surface area (Å²) in [7, 11) is 0. The number of hydrogen-bond donors (Lipinski definition) is 2. The maximum Gasteiger partial charge on any atom is 0.410 e. The number of rotatable bonds is 6. The number of carbonyl (C=O) groups excluding carboxylic acids is 2. The summed E-state index contributed by atoms with van der Waals surface area (Å²) in [5, 5.41) is 13.0. The first-order chi connectivity index (χ1) is 14.4. The number of benzene rings is 1. The molecule has 2 amide bonds. The molecule has 1 aromatic rings. The second-order valence-electron chi connectivity index (χ2n) is 9.94. The lowest BCUT2D eigenvalue weighted by molar-refractivity contribution is -0.123. The SMILES string of the molecule is CC(c1ccc(C#CC(C)(C)NC(=O)C2CC2)cc1)N1CCC(CC(C)(C)O)OC1=O. The molecule has 6 nitrogen and oxygen atoms in total. The largest absolute Gasteiger partial charge is 0.446 e. The molecule has 1 aliphatic heterocycles. The number of cyclic esters (lactones) is 1. The van der Waals surface area contributed by atoms with Crippen molar-refractivity contribution in [3.8, 4) is 11.8 Å². The Kier molecular flexibility index (Phi) is 6.66. The molecule has 2 aliphatic rings. The van der Waals surface area contributed by atoms with Crippen LogP contribution in [0.25, 0.3) is 0 Å². The lowest BCUT2D eigenvalue weighted by Crippen LogP contribution is -2.45. The average molecular weight is 427 g/mol. The third-order valence-electron chi connectivity index (χ3n) is 5.68. The number of nitrogens with zero attached hydrogens (tertiary/aromatic N) is 1. The first-order valence-corrected chi connectivity index (χ1v) is 11.1. The fraction of sp³-hybridized carbons (Fsp3) is 0.600. The minimum Gasteiger partial charge on any atom is -0.446 e. The summed E-state index contributed by atoms with van der Waals surface area (Å²) in [5.74, 6) is 6.53. The molecule has 0 radical (unpaired) electrons.